The standard InChI is InChI=1S/C15H27N2O5P/c1-6-21-23(20,22-7-2)14(5)8-13(3,4)9-15(10-14)11(18)16-12(19)17-15/h6-10H2,1-5H3,(H2,16,17,18,19). The van der Waals surface area contributed by atoms with Gasteiger partial charge in [-0.05, 0) is 45.4 Å². The summed E-state index contributed by atoms with van der Waals surface area (Å²) in [7, 11) is -3.44. The highest BCUT2D eigenvalue weighted by Gasteiger charge is 2.63. The molecule has 8 heteroatoms. The monoisotopic (exact) mass is 346 g/mol. The van der Waals surface area contributed by atoms with Crippen LogP contribution in [0.3, 0.4) is 0 Å². The fraction of sp³-hybridized carbons (Fsp3) is 0.867. The molecule has 1 heterocycles. The molecule has 2 rings (SSSR count). The van der Waals surface area contributed by atoms with E-state index in [4.69, 9.17) is 9.05 Å². The number of amides is 3. The van der Waals surface area contributed by atoms with Crippen LogP contribution in [0.2, 0.25) is 0 Å². The molecule has 23 heavy (non-hydrogen) atoms. The first-order chi connectivity index (χ1) is 10.5. The summed E-state index contributed by atoms with van der Waals surface area (Å²) in [5, 5.41) is 4.21. The highest BCUT2D eigenvalue weighted by molar-refractivity contribution is 7.55. The minimum absolute atomic E-state index is 0.234. The smallest absolute Gasteiger partial charge is 0.323 e. The molecule has 0 aromatic carbocycles. The summed E-state index contributed by atoms with van der Waals surface area (Å²) in [6.45, 7) is 9.90. The van der Waals surface area contributed by atoms with Gasteiger partial charge in [-0.3, -0.25) is 14.7 Å². The minimum atomic E-state index is -3.44. The van der Waals surface area contributed by atoms with Crippen LogP contribution in [-0.4, -0.2) is 35.8 Å². The third kappa shape index (κ3) is 3.19. The van der Waals surface area contributed by atoms with E-state index < -0.39 is 24.3 Å². The number of imide groups is 1. The van der Waals surface area contributed by atoms with E-state index in [2.05, 4.69) is 10.6 Å². The van der Waals surface area contributed by atoms with Crippen molar-refractivity contribution in [3.8, 4) is 0 Å². The lowest BCUT2D eigenvalue weighted by Crippen LogP contribution is -2.59. The van der Waals surface area contributed by atoms with Crippen molar-refractivity contribution in [3.63, 3.8) is 0 Å². The zero-order valence-corrected chi connectivity index (χ0v) is 15.4. The van der Waals surface area contributed by atoms with Crippen LogP contribution in [0.25, 0.3) is 0 Å². The van der Waals surface area contributed by atoms with Crippen LogP contribution in [0, 0.1) is 5.41 Å². The number of carbonyl (C=O) groups is 2. The number of carbonyl (C=O) groups excluding carboxylic acids is 2. The fourth-order valence-corrected chi connectivity index (χ4v) is 6.81. The Kier molecular flexibility index (Phi) is 4.70. The lowest BCUT2D eigenvalue weighted by Gasteiger charge is -2.51. The zero-order valence-electron chi connectivity index (χ0n) is 14.5. The van der Waals surface area contributed by atoms with E-state index in [-0.39, 0.29) is 31.0 Å². The predicted octanol–water partition coefficient (Wildman–Crippen LogP) is 2.80. The second-order valence-corrected chi connectivity index (χ2v) is 10.1. The summed E-state index contributed by atoms with van der Waals surface area (Å²) < 4.78 is 24.5. The normalized spacial score (nSPS) is 33.6. The summed E-state index contributed by atoms with van der Waals surface area (Å²) in [6, 6.07) is -0.502. The number of hydrogen-bond acceptors (Lipinski definition) is 5. The summed E-state index contributed by atoms with van der Waals surface area (Å²) in [5.41, 5.74) is -1.36. The van der Waals surface area contributed by atoms with E-state index in [0.29, 0.717) is 12.8 Å². The van der Waals surface area contributed by atoms with Crippen LogP contribution in [0.15, 0.2) is 0 Å². The molecular formula is C15H27N2O5P. The Morgan fingerprint density at radius 3 is 2.04 bits per heavy atom. The van der Waals surface area contributed by atoms with Gasteiger partial charge in [-0.2, -0.15) is 0 Å². The van der Waals surface area contributed by atoms with Gasteiger partial charge >= 0.3 is 13.6 Å². The number of nitrogens with one attached hydrogen (secondary N) is 2. The maximum absolute atomic E-state index is 13.4. The molecule has 2 unspecified atom stereocenters. The lowest BCUT2D eigenvalue weighted by molar-refractivity contribution is -0.127. The third-order valence-electron chi connectivity index (χ3n) is 4.60. The highest BCUT2D eigenvalue weighted by Crippen LogP contribution is 2.68. The number of hydrogen-bond donors (Lipinski definition) is 2. The SMILES string of the molecule is CCOP(=O)(OCC)C1(C)CC(C)(C)CC2(C1)NC(=O)NC2=O. The van der Waals surface area contributed by atoms with Crippen LogP contribution < -0.4 is 10.6 Å². The van der Waals surface area contributed by atoms with Gasteiger partial charge < -0.3 is 14.4 Å². The summed E-state index contributed by atoms with van der Waals surface area (Å²) >= 11 is 0. The van der Waals surface area contributed by atoms with Gasteiger partial charge in [0.15, 0.2) is 0 Å². The van der Waals surface area contributed by atoms with E-state index in [1.54, 1.807) is 13.8 Å². The summed E-state index contributed by atoms with van der Waals surface area (Å²) in [6.07, 6.45) is 1.31. The number of rotatable bonds is 5. The van der Waals surface area contributed by atoms with Gasteiger partial charge in [-0.25, -0.2) is 4.79 Å². The molecule has 2 N–H and O–H groups in total. The molecule has 0 bridgehead atoms. The highest BCUT2D eigenvalue weighted by atomic mass is 31.2. The second kappa shape index (κ2) is 5.87. The van der Waals surface area contributed by atoms with Crippen molar-refractivity contribution in [2.45, 2.75) is 64.6 Å². The van der Waals surface area contributed by atoms with Crippen molar-refractivity contribution in [3.05, 3.63) is 0 Å². The van der Waals surface area contributed by atoms with E-state index in [1.165, 1.54) is 0 Å². The Balaban J connectivity index is 2.46. The Bertz CT molecular complexity index is 554. The minimum Gasteiger partial charge on any atom is -0.323 e. The van der Waals surface area contributed by atoms with Crippen molar-refractivity contribution in [2.75, 3.05) is 13.2 Å². The summed E-state index contributed by atoms with van der Waals surface area (Å²) in [4.78, 5) is 24.1. The average Bonchev–Trinajstić information content (AvgIpc) is 2.60. The quantitative estimate of drug-likeness (QED) is 0.590. The fourth-order valence-electron chi connectivity index (χ4n) is 4.35. The molecule has 0 radical (unpaired) electrons. The van der Waals surface area contributed by atoms with E-state index >= 15 is 0 Å². The number of urea groups is 1. The molecule has 1 aliphatic heterocycles. The third-order valence-corrected chi connectivity index (χ3v) is 7.43. The van der Waals surface area contributed by atoms with Gasteiger partial charge in [0.25, 0.3) is 5.91 Å². The van der Waals surface area contributed by atoms with Crippen LogP contribution in [-0.2, 0) is 18.4 Å². The topological polar surface area (TPSA) is 93.7 Å². The van der Waals surface area contributed by atoms with Crippen molar-refractivity contribution in [2.24, 2.45) is 5.41 Å². The van der Waals surface area contributed by atoms with Crippen molar-refractivity contribution >= 4 is 19.5 Å². The molecule has 1 saturated heterocycles. The Morgan fingerprint density at radius 2 is 1.61 bits per heavy atom. The van der Waals surface area contributed by atoms with Gasteiger partial charge in [0.2, 0.25) is 0 Å². The van der Waals surface area contributed by atoms with Gasteiger partial charge in [0, 0.05) is 0 Å². The maximum Gasteiger partial charge on any atom is 0.336 e. The average molecular weight is 346 g/mol. The van der Waals surface area contributed by atoms with Crippen LogP contribution in [0.5, 0.6) is 0 Å². The molecule has 2 aliphatic rings. The van der Waals surface area contributed by atoms with Crippen molar-refractivity contribution in [1.29, 1.82) is 0 Å². The predicted molar refractivity (Wildman–Crippen MR) is 86.3 cm³/mol. The lowest BCUT2D eigenvalue weighted by atomic mass is 9.64. The van der Waals surface area contributed by atoms with E-state index in [9.17, 15) is 14.2 Å². The van der Waals surface area contributed by atoms with Crippen LogP contribution in [0.1, 0.15) is 53.9 Å². The maximum atomic E-state index is 13.4. The molecule has 3 amide bonds. The van der Waals surface area contributed by atoms with Gasteiger partial charge in [0.1, 0.15) is 5.54 Å². The molecule has 2 atom stereocenters. The van der Waals surface area contributed by atoms with Crippen LogP contribution in [0.4, 0.5) is 4.79 Å². The molecule has 1 spiro atoms. The Labute approximate surface area is 137 Å². The second-order valence-electron chi connectivity index (χ2n) is 7.51. The molecule has 0 aromatic rings. The van der Waals surface area contributed by atoms with Gasteiger partial charge in [-0.1, -0.05) is 13.8 Å². The largest absolute Gasteiger partial charge is 0.336 e. The Morgan fingerprint density at radius 1 is 1.04 bits per heavy atom. The first kappa shape index (κ1) is 18.4. The molecule has 1 aliphatic carbocycles. The zero-order chi connectivity index (χ0) is 17.5. The molecule has 0 aromatic heterocycles. The molecule has 1 saturated carbocycles. The molecular weight excluding hydrogens is 319 g/mol. The first-order valence-corrected chi connectivity index (χ1v) is 9.59. The van der Waals surface area contributed by atoms with Crippen LogP contribution >= 0.6 is 7.60 Å². The molecule has 2 fully saturated rings. The van der Waals surface area contributed by atoms with Gasteiger partial charge in [0.05, 0.1) is 18.4 Å². The summed E-state index contributed by atoms with van der Waals surface area (Å²) in [5.74, 6) is -0.360. The van der Waals surface area contributed by atoms with Gasteiger partial charge in [-0.15, -0.1) is 0 Å². The van der Waals surface area contributed by atoms with Crippen molar-refractivity contribution < 1.29 is 23.2 Å². The first-order valence-electron chi connectivity index (χ1n) is 8.04. The molecule has 7 nitrogen and oxygen atoms in total. The van der Waals surface area contributed by atoms with E-state index in [0.717, 1.165) is 0 Å². The van der Waals surface area contributed by atoms with E-state index in [1.807, 2.05) is 20.8 Å². The Hall–Kier alpha value is -0.910. The molecule has 132 valence electrons. The van der Waals surface area contributed by atoms with Crippen molar-refractivity contribution in [1.82, 2.24) is 10.6 Å².